The second-order valence-corrected chi connectivity index (χ2v) is 6.31. The van der Waals surface area contributed by atoms with E-state index in [0.29, 0.717) is 12.3 Å². The standard InChI is InChI=1S/C17H20ClFN4O2/c1-11-14(17(24)21-7-10-23-8-5-20-6-9-23)16(22-25-11)15-12(18)3-2-4-13(15)19/h2-4,20H,5-10H2,1H3,(H,21,24). The Kier molecular flexibility index (Phi) is 5.67. The molecule has 0 atom stereocenters. The van der Waals surface area contributed by atoms with Gasteiger partial charge in [0.25, 0.3) is 5.91 Å². The molecule has 0 bridgehead atoms. The van der Waals surface area contributed by atoms with Crippen LogP contribution in [0.1, 0.15) is 16.1 Å². The minimum absolute atomic E-state index is 0.0771. The van der Waals surface area contributed by atoms with E-state index < -0.39 is 5.82 Å². The lowest BCUT2D eigenvalue weighted by molar-refractivity contribution is 0.0946. The van der Waals surface area contributed by atoms with Crippen molar-refractivity contribution in [1.82, 2.24) is 20.7 Å². The summed E-state index contributed by atoms with van der Waals surface area (Å²) in [5.41, 5.74) is 0.417. The molecule has 0 saturated carbocycles. The predicted molar refractivity (Wildman–Crippen MR) is 93.3 cm³/mol. The van der Waals surface area contributed by atoms with Crippen LogP contribution in [-0.2, 0) is 0 Å². The van der Waals surface area contributed by atoms with E-state index in [9.17, 15) is 9.18 Å². The normalized spacial score (nSPS) is 15.3. The minimum atomic E-state index is -0.546. The average Bonchev–Trinajstić information content (AvgIpc) is 2.97. The van der Waals surface area contributed by atoms with Crippen molar-refractivity contribution in [1.29, 1.82) is 0 Å². The third-order valence-electron chi connectivity index (χ3n) is 4.21. The smallest absolute Gasteiger partial charge is 0.257 e. The fraction of sp³-hybridized carbons (Fsp3) is 0.412. The van der Waals surface area contributed by atoms with Crippen molar-refractivity contribution < 1.29 is 13.7 Å². The first-order valence-electron chi connectivity index (χ1n) is 8.20. The number of aromatic nitrogens is 1. The average molecular weight is 367 g/mol. The van der Waals surface area contributed by atoms with E-state index in [1.54, 1.807) is 13.0 Å². The van der Waals surface area contributed by atoms with Crippen LogP contribution in [0.2, 0.25) is 5.02 Å². The molecule has 0 unspecified atom stereocenters. The molecule has 2 N–H and O–H groups in total. The Bertz CT molecular complexity index is 739. The molecule has 1 aliphatic rings. The zero-order chi connectivity index (χ0) is 17.8. The van der Waals surface area contributed by atoms with Gasteiger partial charge in [0, 0.05) is 39.3 Å². The van der Waals surface area contributed by atoms with Crippen LogP contribution >= 0.6 is 11.6 Å². The van der Waals surface area contributed by atoms with Crippen LogP contribution in [0.4, 0.5) is 4.39 Å². The van der Waals surface area contributed by atoms with Gasteiger partial charge in [0.05, 0.1) is 10.6 Å². The molecule has 1 fully saturated rings. The van der Waals surface area contributed by atoms with Crippen LogP contribution in [0.25, 0.3) is 11.3 Å². The zero-order valence-electron chi connectivity index (χ0n) is 13.9. The van der Waals surface area contributed by atoms with Crippen LogP contribution in [-0.4, -0.2) is 55.2 Å². The summed E-state index contributed by atoms with van der Waals surface area (Å²) in [5, 5.41) is 10.2. The van der Waals surface area contributed by atoms with E-state index in [-0.39, 0.29) is 27.8 Å². The molecule has 0 radical (unpaired) electrons. The summed E-state index contributed by atoms with van der Waals surface area (Å²) in [6, 6.07) is 4.33. The Balaban J connectivity index is 1.73. The van der Waals surface area contributed by atoms with Gasteiger partial charge in [-0.05, 0) is 19.1 Å². The zero-order valence-corrected chi connectivity index (χ0v) is 14.7. The monoisotopic (exact) mass is 366 g/mol. The maximum atomic E-state index is 14.2. The minimum Gasteiger partial charge on any atom is -0.360 e. The van der Waals surface area contributed by atoms with Gasteiger partial charge in [-0.25, -0.2) is 4.39 Å². The van der Waals surface area contributed by atoms with Gasteiger partial charge in [-0.3, -0.25) is 9.69 Å². The number of nitrogens with one attached hydrogen (secondary N) is 2. The lowest BCUT2D eigenvalue weighted by Gasteiger charge is -2.27. The summed E-state index contributed by atoms with van der Waals surface area (Å²) in [5.74, 6) is -0.562. The molecular formula is C17H20ClFN4O2. The SMILES string of the molecule is Cc1onc(-c2c(F)cccc2Cl)c1C(=O)NCCN1CCNCC1. The molecule has 8 heteroatoms. The Labute approximate surface area is 150 Å². The van der Waals surface area contributed by atoms with E-state index in [2.05, 4.69) is 20.7 Å². The number of carbonyl (C=O) groups excluding carboxylic acids is 1. The van der Waals surface area contributed by atoms with Crippen LogP contribution in [0.5, 0.6) is 0 Å². The van der Waals surface area contributed by atoms with Gasteiger partial charge in [-0.15, -0.1) is 0 Å². The summed E-state index contributed by atoms with van der Waals surface area (Å²) >= 11 is 6.09. The maximum Gasteiger partial charge on any atom is 0.257 e. The molecule has 134 valence electrons. The number of hydrogen-bond donors (Lipinski definition) is 2. The lowest BCUT2D eigenvalue weighted by atomic mass is 10.0. The van der Waals surface area contributed by atoms with Gasteiger partial charge in [0.15, 0.2) is 0 Å². The highest BCUT2D eigenvalue weighted by molar-refractivity contribution is 6.33. The molecule has 1 amide bonds. The second-order valence-electron chi connectivity index (χ2n) is 5.91. The number of nitrogens with zero attached hydrogens (tertiary/aromatic N) is 2. The molecule has 2 heterocycles. The number of halogens is 2. The number of carbonyl (C=O) groups is 1. The predicted octanol–water partition coefficient (Wildman–Crippen LogP) is 2.08. The van der Waals surface area contributed by atoms with Gasteiger partial charge >= 0.3 is 0 Å². The summed E-state index contributed by atoms with van der Waals surface area (Å²) in [4.78, 5) is 14.8. The molecule has 6 nitrogen and oxygen atoms in total. The van der Waals surface area contributed by atoms with Crippen molar-refractivity contribution in [2.75, 3.05) is 39.3 Å². The van der Waals surface area contributed by atoms with E-state index in [1.165, 1.54) is 12.1 Å². The number of hydrogen-bond acceptors (Lipinski definition) is 5. The van der Waals surface area contributed by atoms with Crippen molar-refractivity contribution in [3.05, 3.63) is 40.4 Å². The fourth-order valence-electron chi connectivity index (χ4n) is 2.88. The maximum absolute atomic E-state index is 14.2. The summed E-state index contributed by atoms with van der Waals surface area (Å²) in [7, 11) is 0. The molecule has 0 spiro atoms. The van der Waals surface area contributed by atoms with Crippen LogP contribution in [0.15, 0.2) is 22.7 Å². The third kappa shape index (κ3) is 4.00. The molecule has 1 saturated heterocycles. The van der Waals surface area contributed by atoms with Gasteiger partial charge in [0.1, 0.15) is 22.8 Å². The van der Waals surface area contributed by atoms with Crippen LogP contribution < -0.4 is 10.6 Å². The molecule has 0 aliphatic carbocycles. The molecule has 25 heavy (non-hydrogen) atoms. The summed E-state index contributed by atoms with van der Waals surface area (Å²) in [6.45, 7) is 6.69. The Hall–Kier alpha value is -1.96. The molecule has 2 aromatic rings. The van der Waals surface area contributed by atoms with E-state index in [4.69, 9.17) is 16.1 Å². The van der Waals surface area contributed by atoms with E-state index >= 15 is 0 Å². The van der Waals surface area contributed by atoms with Crippen molar-refractivity contribution >= 4 is 17.5 Å². The van der Waals surface area contributed by atoms with Crippen molar-refractivity contribution in [2.45, 2.75) is 6.92 Å². The van der Waals surface area contributed by atoms with E-state index in [0.717, 1.165) is 32.7 Å². The summed E-state index contributed by atoms with van der Waals surface area (Å²) < 4.78 is 19.3. The largest absolute Gasteiger partial charge is 0.360 e. The summed E-state index contributed by atoms with van der Waals surface area (Å²) in [6.07, 6.45) is 0. The van der Waals surface area contributed by atoms with Crippen molar-refractivity contribution in [2.24, 2.45) is 0 Å². The first-order valence-corrected chi connectivity index (χ1v) is 8.57. The number of piperazine rings is 1. The molecule has 3 rings (SSSR count). The molecule has 1 aromatic carbocycles. The van der Waals surface area contributed by atoms with Gasteiger partial charge in [0.2, 0.25) is 0 Å². The first-order chi connectivity index (χ1) is 12.1. The van der Waals surface area contributed by atoms with Gasteiger partial charge in [-0.2, -0.15) is 0 Å². The number of rotatable bonds is 5. The Morgan fingerprint density at radius 2 is 2.20 bits per heavy atom. The molecular weight excluding hydrogens is 347 g/mol. The molecule has 1 aromatic heterocycles. The fourth-order valence-corrected chi connectivity index (χ4v) is 3.14. The van der Waals surface area contributed by atoms with Crippen LogP contribution in [0.3, 0.4) is 0 Å². The Morgan fingerprint density at radius 3 is 2.92 bits per heavy atom. The van der Waals surface area contributed by atoms with Crippen LogP contribution in [0, 0.1) is 12.7 Å². The molecule has 1 aliphatic heterocycles. The highest BCUT2D eigenvalue weighted by Gasteiger charge is 2.25. The van der Waals surface area contributed by atoms with Crippen molar-refractivity contribution in [3.63, 3.8) is 0 Å². The Morgan fingerprint density at radius 1 is 1.44 bits per heavy atom. The second kappa shape index (κ2) is 7.95. The highest BCUT2D eigenvalue weighted by atomic mass is 35.5. The first kappa shape index (κ1) is 17.8. The highest BCUT2D eigenvalue weighted by Crippen LogP contribution is 2.33. The number of amides is 1. The third-order valence-corrected chi connectivity index (χ3v) is 4.53. The number of aryl methyl sites for hydroxylation is 1. The van der Waals surface area contributed by atoms with Crippen molar-refractivity contribution in [3.8, 4) is 11.3 Å². The van der Waals surface area contributed by atoms with E-state index in [1.807, 2.05) is 0 Å². The topological polar surface area (TPSA) is 70.4 Å². The quantitative estimate of drug-likeness (QED) is 0.847. The van der Waals surface area contributed by atoms with Gasteiger partial charge < -0.3 is 15.2 Å². The number of benzene rings is 1. The lowest BCUT2D eigenvalue weighted by Crippen LogP contribution is -2.46. The van der Waals surface area contributed by atoms with Gasteiger partial charge in [-0.1, -0.05) is 22.8 Å².